The van der Waals surface area contributed by atoms with E-state index in [-0.39, 0.29) is 0 Å². The van der Waals surface area contributed by atoms with Crippen molar-refractivity contribution in [1.82, 2.24) is 4.57 Å². The molecule has 3 nitrogen and oxygen atoms in total. The summed E-state index contributed by atoms with van der Waals surface area (Å²) >= 11 is 0. The Labute approximate surface area is 94.3 Å². The van der Waals surface area contributed by atoms with Crippen LogP contribution in [0.5, 0.6) is 0 Å². The Morgan fingerprint density at radius 3 is 2.69 bits per heavy atom. The summed E-state index contributed by atoms with van der Waals surface area (Å²) in [5, 5.41) is 10.3. The summed E-state index contributed by atoms with van der Waals surface area (Å²) in [6.45, 7) is 4.01. The third-order valence-corrected chi connectivity index (χ3v) is 3.02. The molecule has 2 rings (SSSR count). The highest BCUT2D eigenvalue weighted by molar-refractivity contribution is 5.98. The largest absolute Gasteiger partial charge is 0.477 e. The molecule has 0 radical (unpaired) electrons. The molecule has 1 aromatic heterocycles. The van der Waals surface area contributed by atoms with Gasteiger partial charge in [0.15, 0.2) is 0 Å². The van der Waals surface area contributed by atoms with Crippen LogP contribution in [0.25, 0.3) is 10.9 Å². The standard InChI is InChI=1S/C13H15NO2/c1-4-9-10-7-8(2)5-6-11(10)14(3)12(9)13(15)16/h5-7H,4H2,1-3H3,(H,15,16). The predicted octanol–water partition coefficient (Wildman–Crippen LogP) is 2.75. The van der Waals surface area contributed by atoms with Gasteiger partial charge in [0.1, 0.15) is 5.69 Å². The molecule has 3 heteroatoms. The highest BCUT2D eigenvalue weighted by Gasteiger charge is 2.18. The molecule has 0 aliphatic rings. The van der Waals surface area contributed by atoms with Crippen molar-refractivity contribution in [2.45, 2.75) is 20.3 Å². The number of aryl methyl sites for hydroxylation is 3. The van der Waals surface area contributed by atoms with Gasteiger partial charge < -0.3 is 9.67 Å². The number of fused-ring (bicyclic) bond motifs is 1. The lowest BCUT2D eigenvalue weighted by Crippen LogP contribution is -2.06. The molecule has 0 aliphatic carbocycles. The molecule has 0 spiro atoms. The Kier molecular flexibility index (Phi) is 2.46. The zero-order valence-electron chi connectivity index (χ0n) is 9.74. The second kappa shape index (κ2) is 3.67. The number of aromatic nitrogens is 1. The van der Waals surface area contributed by atoms with E-state index in [1.807, 2.05) is 26.0 Å². The third kappa shape index (κ3) is 1.40. The van der Waals surface area contributed by atoms with Crippen molar-refractivity contribution in [3.05, 3.63) is 35.0 Å². The van der Waals surface area contributed by atoms with Crippen molar-refractivity contribution in [3.8, 4) is 0 Å². The van der Waals surface area contributed by atoms with Crippen molar-refractivity contribution in [3.63, 3.8) is 0 Å². The Bertz CT molecular complexity index is 567. The fraction of sp³-hybridized carbons (Fsp3) is 0.308. The average Bonchev–Trinajstić information content (AvgIpc) is 2.50. The van der Waals surface area contributed by atoms with Crippen LogP contribution in [0.4, 0.5) is 0 Å². The number of carboxylic acid groups (broad SMARTS) is 1. The summed E-state index contributed by atoms with van der Waals surface area (Å²) in [7, 11) is 1.81. The smallest absolute Gasteiger partial charge is 0.352 e. The van der Waals surface area contributed by atoms with Gasteiger partial charge in [0, 0.05) is 18.0 Å². The molecular weight excluding hydrogens is 202 g/mol. The van der Waals surface area contributed by atoms with E-state index < -0.39 is 5.97 Å². The highest BCUT2D eigenvalue weighted by atomic mass is 16.4. The van der Waals surface area contributed by atoms with Crippen LogP contribution in [-0.4, -0.2) is 15.6 Å². The van der Waals surface area contributed by atoms with Crippen molar-refractivity contribution >= 4 is 16.9 Å². The number of hydrogen-bond donors (Lipinski definition) is 1. The van der Waals surface area contributed by atoms with Crippen LogP contribution in [0, 0.1) is 6.92 Å². The first kappa shape index (κ1) is 10.7. The number of carboxylic acids is 1. The minimum absolute atomic E-state index is 0.406. The summed E-state index contributed by atoms with van der Waals surface area (Å²) in [5.74, 6) is -0.854. The van der Waals surface area contributed by atoms with Gasteiger partial charge in [-0.15, -0.1) is 0 Å². The maximum atomic E-state index is 11.2. The fourth-order valence-electron chi connectivity index (χ4n) is 2.26. The van der Waals surface area contributed by atoms with Crippen LogP contribution < -0.4 is 0 Å². The number of benzene rings is 1. The van der Waals surface area contributed by atoms with E-state index in [1.54, 1.807) is 11.6 Å². The van der Waals surface area contributed by atoms with E-state index >= 15 is 0 Å². The molecule has 2 aromatic rings. The summed E-state index contributed by atoms with van der Waals surface area (Å²) in [6, 6.07) is 6.05. The van der Waals surface area contributed by atoms with Crippen LogP contribution in [-0.2, 0) is 13.5 Å². The van der Waals surface area contributed by atoms with Gasteiger partial charge in [-0.2, -0.15) is 0 Å². The lowest BCUT2D eigenvalue weighted by molar-refractivity contribution is 0.0686. The van der Waals surface area contributed by atoms with Gasteiger partial charge >= 0.3 is 5.97 Å². The number of rotatable bonds is 2. The summed E-state index contributed by atoms with van der Waals surface area (Å²) in [6.07, 6.45) is 0.739. The van der Waals surface area contributed by atoms with Crippen molar-refractivity contribution in [2.24, 2.45) is 7.05 Å². The highest BCUT2D eigenvalue weighted by Crippen LogP contribution is 2.26. The summed E-state index contributed by atoms with van der Waals surface area (Å²) in [5.41, 5.74) is 3.47. The molecule has 1 heterocycles. The first-order valence-corrected chi connectivity index (χ1v) is 5.37. The number of hydrogen-bond acceptors (Lipinski definition) is 1. The molecule has 0 aliphatic heterocycles. The van der Waals surface area contributed by atoms with E-state index in [0.29, 0.717) is 5.69 Å². The minimum Gasteiger partial charge on any atom is -0.477 e. The van der Waals surface area contributed by atoms with Gasteiger partial charge in [-0.05, 0) is 31.0 Å². The van der Waals surface area contributed by atoms with Crippen molar-refractivity contribution < 1.29 is 9.90 Å². The fourth-order valence-corrected chi connectivity index (χ4v) is 2.26. The van der Waals surface area contributed by atoms with E-state index in [0.717, 1.165) is 28.5 Å². The van der Waals surface area contributed by atoms with Gasteiger partial charge in [-0.3, -0.25) is 0 Å². The van der Waals surface area contributed by atoms with Gasteiger partial charge in [0.25, 0.3) is 0 Å². The normalized spacial score (nSPS) is 10.9. The van der Waals surface area contributed by atoms with Crippen molar-refractivity contribution in [2.75, 3.05) is 0 Å². The Balaban J connectivity index is 2.91. The average molecular weight is 217 g/mol. The maximum Gasteiger partial charge on any atom is 0.352 e. The molecule has 0 saturated carbocycles. The number of aromatic carboxylic acids is 1. The van der Waals surface area contributed by atoms with Gasteiger partial charge in [0.2, 0.25) is 0 Å². The molecule has 16 heavy (non-hydrogen) atoms. The summed E-state index contributed by atoms with van der Waals surface area (Å²) in [4.78, 5) is 11.2. The van der Waals surface area contributed by atoms with Gasteiger partial charge in [-0.25, -0.2) is 4.79 Å². The molecule has 84 valence electrons. The molecule has 0 atom stereocenters. The second-order valence-electron chi connectivity index (χ2n) is 4.07. The Morgan fingerprint density at radius 1 is 1.44 bits per heavy atom. The van der Waals surface area contributed by atoms with Crippen LogP contribution in [0.3, 0.4) is 0 Å². The lowest BCUT2D eigenvalue weighted by atomic mass is 10.1. The molecule has 0 saturated heterocycles. The zero-order valence-corrected chi connectivity index (χ0v) is 9.74. The molecule has 1 aromatic carbocycles. The zero-order chi connectivity index (χ0) is 11.9. The van der Waals surface area contributed by atoms with Gasteiger partial charge in [-0.1, -0.05) is 18.6 Å². The van der Waals surface area contributed by atoms with E-state index in [9.17, 15) is 9.90 Å². The van der Waals surface area contributed by atoms with Crippen LogP contribution >= 0.6 is 0 Å². The molecular formula is C13H15NO2. The van der Waals surface area contributed by atoms with E-state index in [4.69, 9.17) is 0 Å². The predicted molar refractivity (Wildman–Crippen MR) is 64.0 cm³/mol. The topological polar surface area (TPSA) is 42.2 Å². The first-order chi connectivity index (χ1) is 7.56. The van der Waals surface area contributed by atoms with E-state index in [2.05, 4.69) is 6.07 Å². The second-order valence-corrected chi connectivity index (χ2v) is 4.07. The Hall–Kier alpha value is -1.77. The Morgan fingerprint density at radius 2 is 2.12 bits per heavy atom. The molecule has 0 bridgehead atoms. The SMILES string of the molecule is CCc1c(C(=O)O)n(C)c2ccc(C)cc12. The van der Waals surface area contributed by atoms with E-state index in [1.165, 1.54) is 0 Å². The molecule has 0 unspecified atom stereocenters. The summed E-state index contributed by atoms with van der Waals surface area (Å²) < 4.78 is 1.76. The van der Waals surface area contributed by atoms with Gasteiger partial charge in [0.05, 0.1) is 0 Å². The maximum absolute atomic E-state index is 11.2. The minimum atomic E-state index is -0.854. The third-order valence-electron chi connectivity index (χ3n) is 3.02. The number of nitrogens with zero attached hydrogens (tertiary/aromatic N) is 1. The first-order valence-electron chi connectivity index (χ1n) is 5.37. The monoisotopic (exact) mass is 217 g/mol. The quantitative estimate of drug-likeness (QED) is 0.840. The van der Waals surface area contributed by atoms with Crippen LogP contribution in [0.1, 0.15) is 28.5 Å². The number of carbonyl (C=O) groups is 1. The van der Waals surface area contributed by atoms with Crippen LogP contribution in [0.2, 0.25) is 0 Å². The lowest BCUT2D eigenvalue weighted by Gasteiger charge is -1.99. The van der Waals surface area contributed by atoms with Crippen LogP contribution in [0.15, 0.2) is 18.2 Å². The van der Waals surface area contributed by atoms with Crippen molar-refractivity contribution in [1.29, 1.82) is 0 Å². The molecule has 1 N–H and O–H groups in total. The molecule has 0 fully saturated rings. The molecule has 0 amide bonds.